The highest BCUT2D eigenvalue weighted by atomic mass is 19.4. The molecule has 0 bridgehead atoms. The molecule has 0 aromatic heterocycles. The summed E-state index contributed by atoms with van der Waals surface area (Å²) in [5, 5.41) is 4.73. The van der Waals surface area contributed by atoms with Gasteiger partial charge in [0.15, 0.2) is 0 Å². The number of alkyl halides is 3. The van der Waals surface area contributed by atoms with Crippen molar-refractivity contribution in [3.63, 3.8) is 0 Å². The number of carbonyl (C=O) groups excluding carboxylic acids is 2. The molecule has 1 saturated heterocycles. The fraction of sp³-hybridized carbons (Fsp3) is 0.364. The Bertz CT molecular complexity index is 993. The van der Waals surface area contributed by atoms with Gasteiger partial charge in [-0.15, -0.1) is 0 Å². The second-order valence-electron chi connectivity index (χ2n) is 7.62. The molecule has 1 fully saturated rings. The molecule has 2 aromatic rings. The Balaban J connectivity index is 1.53. The second kappa shape index (κ2) is 8.49. The van der Waals surface area contributed by atoms with Gasteiger partial charge in [0.1, 0.15) is 5.75 Å². The number of fused-ring (bicyclic) bond motifs is 2. The highest BCUT2D eigenvalue weighted by Crippen LogP contribution is 2.35. The van der Waals surface area contributed by atoms with Gasteiger partial charge >= 0.3 is 12.2 Å². The third-order valence-corrected chi connectivity index (χ3v) is 5.55. The Labute approximate surface area is 177 Å². The van der Waals surface area contributed by atoms with E-state index in [1.807, 2.05) is 4.90 Å². The van der Waals surface area contributed by atoms with Gasteiger partial charge in [-0.3, -0.25) is 4.79 Å². The number of nitrogens with one attached hydrogen (secondary N) is 2. The van der Waals surface area contributed by atoms with E-state index in [9.17, 15) is 22.8 Å². The standard InChI is InChI=1S/C22H22F3N3O3/c23-22(24,25)17-6-1-2-7-18(17)27-21(30)26-14-8-9-19-16(13-14)20(29)28-11-4-3-5-15(28)10-12-31-19/h1-2,6-9,13,15H,3-5,10-12H2,(H2,26,27,30)/t15-/m1/s1. The largest absolute Gasteiger partial charge is 0.493 e. The van der Waals surface area contributed by atoms with Gasteiger partial charge in [0.05, 0.1) is 23.4 Å². The van der Waals surface area contributed by atoms with E-state index in [0.717, 1.165) is 31.7 Å². The molecule has 31 heavy (non-hydrogen) atoms. The van der Waals surface area contributed by atoms with Crippen LogP contribution in [0.25, 0.3) is 0 Å². The summed E-state index contributed by atoms with van der Waals surface area (Å²) < 4.78 is 45.2. The summed E-state index contributed by atoms with van der Waals surface area (Å²) in [6, 6.07) is 8.67. The molecule has 0 spiro atoms. The fourth-order valence-electron chi connectivity index (χ4n) is 4.05. The highest BCUT2D eigenvalue weighted by Gasteiger charge is 2.34. The third-order valence-electron chi connectivity index (χ3n) is 5.55. The van der Waals surface area contributed by atoms with Crippen LogP contribution >= 0.6 is 0 Å². The normalized spacial score (nSPS) is 18.7. The number of piperidine rings is 1. The fourth-order valence-corrected chi connectivity index (χ4v) is 4.05. The predicted octanol–water partition coefficient (Wildman–Crippen LogP) is 5.13. The van der Waals surface area contributed by atoms with Gasteiger partial charge < -0.3 is 20.3 Å². The van der Waals surface area contributed by atoms with Crippen LogP contribution in [0.2, 0.25) is 0 Å². The van der Waals surface area contributed by atoms with Gasteiger partial charge in [0.25, 0.3) is 5.91 Å². The average Bonchev–Trinajstić information content (AvgIpc) is 2.73. The lowest BCUT2D eigenvalue weighted by Gasteiger charge is -2.37. The number of urea groups is 1. The van der Waals surface area contributed by atoms with Crippen molar-refractivity contribution in [2.45, 2.75) is 37.9 Å². The molecule has 0 radical (unpaired) electrons. The lowest BCUT2D eigenvalue weighted by atomic mass is 9.97. The summed E-state index contributed by atoms with van der Waals surface area (Å²) in [6.45, 7) is 1.16. The number of nitrogens with zero attached hydrogens (tertiary/aromatic N) is 1. The molecule has 0 saturated carbocycles. The number of anilines is 2. The van der Waals surface area contributed by atoms with Gasteiger partial charge in [0.2, 0.25) is 0 Å². The SMILES string of the molecule is O=C(Nc1ccc2c(c1)C(=O)N1CCCC[C@@H]1CCO2)Nc1ccccc1C(F)(F)F. The Morgan fingerprint density at radius 3 is 2.68 bits per heavy atom. The first kappa shape index (κ1) is 21.0. The number of carbonyl (C=O) groups is 2. The molecule has 6 nitrogen and oxygen atoms in total. The molecule has 2 heterocycles. The number of para-hydroxylation sites is 1. The molecule has 9 heteroatoms. The molecular weight excluding hydrogens is 411 g/mol. The van der Waals surface area contributed by atoms with Crippen molar-refractivity contribution in [2.24, 2.45) is 0 Å². The lowest BCUT2D eigenvalue weighted by Crippen LogP contribution is -2.45. The number of hydrogen-bond acceptors (Lipinski definition) is 3. The van der Waals surface area contributed by atoms with E-state index in [-0.39, 0.29) is 23.3 Å². The second-order valence-corrected chi connectivity index (χ2v) is 7.62. The molecule has 2 aliphatic heterocycles. The van der Waals surface area contributed by atoms with E-state index in [0.29, 0.717) is 24.5 Å². The van der Waals surface area contributed by atoms with Gasteiger partial charge in [0, 0.05) is 24.7 Å². The smallest absolute Gasteiger partial charge is 0.418 e. The zero-order chi connectivity index (χ0) is 22.0. The van der Waals surface area contributed by atoms with Crippen LogP contribution in [0.15, 0.2) is 42.5 Å². The number of amides is 3. The Morgan fingerprint density at radius 1 is 1.06 bits per heavy atom. The molecule has 4 rings (SSSR count). The highest BCUT2D eigenvalue weighted by molar-refractivity contribution is 6.03. The quantitative estimate of drug-likeness (QED) is 0.690. The molecule has 2 N–H and O–H groups in total. The van der Waals surface area contributed by atoms with Gasteiger partial charge in [-0.1, -0.05) is 12.1 Å². The summed E-state index contributed by atoms with van der Waals surface area (Å²) >= 11 is 0. The lowest BCUT2D eigenvalue weighted by molar-refractivity contribution is -0.136. The van der Waals surface area contributed by atoms with Crippen LogP contribution in [0, 0.1) is 0 Å². The van der Waals surface area contributed by atoms with Crippen LogP contribution in [-0.4, -0.2) is 36.0 Å². The van der Waals surface area contributed by atoms with E-state index in [4.69, 9.17) is 4.74 Å². The first-order valence-electron chi connectivity index (χ1n) is 10.1. The topological polar surface area (TPSA) is 70.7 Å². The van der Waals surface area contributed by atoms with Crippen molar-refractivity contribution in [2.75, 3.05) is 23.8 Å². The number of halogens is 3. The van der Waals surface area contributed by atoms with Crippen LogP contribution in [0.1, 0.15) is 41.6 Å². The number of ether oxygens (including phenoxy) is 1. The van der Waals surface area contributed by atoms with E-state index in [2.05, 4.69) is 10.6 Å². The Kier molecular flexibility index (Phi) is 5.75. The van der Waals surface area contributed by atoms with Crippen LogP contribution in [0.4, 0.5) is 29.3 Å². The van der Waals surface area contributed by atoms with E-state index in [1.165, 1.54) is 24.3 Å². The Morgan fingerprint density at radius 2 is 1.87 bits per heavy atom. The predicted molar refractivity (Wildman–Crippen MR) is 109 cm³/mol. The van der Waals surface area contributed by atoms with Crippen molar-refractivity contribution in [1.82, 2.24) is 4.90 Å². The first-order chi connectivity index (χ1) is 14.8. The first-order valence-corrected chi connectivity index (χ1v) is 10.1. The summed E-state index contributed by atoms with van der Waals surface area (Å²) in [4.78, 5) is 27.3. The zero-order valence-electron chi connectivity index (χ0n) is 16.7. The van der Waals surface area contributed by atoms with Gasteiger partial charge in [-0.25, -0.2) is 4.79 Å². The number of benzene rings is 2. The number of hydrogen-bond donors (Lipinski definition) is 2. The Hall–Kier alpha value is -3.23. The summed E-state index contributed by atoms with van der Waals surface area (Å²) in [6.07, 6.45) is -0.878. The molecule has 3 amide bonds. The van der Waals surface area contributed by atoms with Crippen molar-refractivity contribution >= 4 is 23.3 Å². The number of rotatable bonds is 2. The molecule has 164 valence electrons. The molecule has 2 aromatic carbocycles. The van der Waals surface area contributed by atoms with E-state index in [1.54, 1.807) is 12.1 Å². The minimum absolute atomic E-state index is 0.133. The van der Waals surface area contributed by atoms with Crippen LogP contribution in [0.3, 0.4) is 0 Å². The summed E-state index contributed by atoms with van der Waals surface area (Å²) in [5.41, 5.74) is -0.677. The summed E-state index contributed by atoms with van der Waals surface area (Å²) in [7, 11) is 0. The maximum Gasteiger partial charge on any atom is 0.418 e. The maximum absolute atomic E-state index is 13.1. The van der Waals surface area contributed by atoms with Gasteiger partial charge in [-0.05, 0) is 49.6 Å². The van der Waals surface area contributed by atoms with E-state index < -0.39 is 17.8 Å². The minimum atomic E-state index is -4.60. The molecular formula is C22H22F3N3O3. The molecule has 0 unspecified atom stereocenters. The average molecular weight is 433 g/mol. The van der Waals surface area contributed by atoms with Crippen molar-refractivity contribution in [3.8, 4) is 5.75 Å². The van der Waals surface area contributed by atoms with Crippen molar-refractivity contribution < 1.29 is 27.5 Å². The van der Waals surface area contributed by atoms with Gasteiger partial charge in [-0.2, -0.15) is 13.2 Å². The van der Waals surface area contributed by atoms with Crippen LogP contribution < -0.4 is 15.4 Å². The van der Waals surface area contributed by atoms with Crippen LogP contribution in [-0.2, 0) is 6.18 Å². The molecule has 1 atom stereocenters. The summed E-state index contributed by atoms with van der Waals surface area (Å²) in [5.74, 6) is 0.272. The van der Waals surface area contributed by atoms with E-state index >= 15 is 0 Å². The molecule has 2 aliphatic rings. The van der Waals surface area contributed by atoms with Crippen molar-refractivity contribution in [3.05, 3.63) is 53.6 Å². The van der Waals surface area contributed by atoms with Crippen LogP contribution in [0.5, 0.6) is 5.75 Å². The molecule has 0 aliphatic carbocycles. The monoisotopic (exact) mass is 433 g/mol. The van der Waals surface area contributed by atoms with Crippen molar-refractivity contribution in [1.29, 1.82) is 0 Å². The zero-order valence-corrected chi connectivity index (χ0v) is 16.7. The minimum Gasteiger partial charge on any atom is -0.493 e. The maximum atomic E-state index is 13.1. The third kappa shape index (κ3) is 4.60.